The fourth-order valence-electron chi connectivity index (χ4n) is 2.10. The third kappa shape index (κ3) is 2.52. The highest BCUT2D eigenvalue weighted by molar-refractivity contribution is 9.10. The van der Waals surface area contributed by atoms with Gasteiger partial charge in [0.25, 0.3) is 0 Å². The van der Waals surface area contributed by atoms with Crippen molar-refractivity contribution in [1.29, 1.82) is 0 Å². The van der Waals surface area contributed by atoms with Crippen LogP contribution in [0.5, 0.6) is 0 Å². The SMILES string of the molecule is Cc1cc(Br)ccc1-n1nnnc1-c1cc(F)ccc1N. The van der Waals surface area contributed by atoms with E-state index in [-0.39, 0.29) is 5.82 Å². The first-order chi connectivity index (χ1) is 10.1. The van der Waals surface area contributed by atoms with Crippen LogP contribution in [0.15, 0.2) is 40.9 Å². The van der Waals surface area contributed by atoms with Gasteiger partial charge < -0.3 is 5.73 Å². The van der Waals surface area contributed by atoms with Crippen molar-refractivity contribution in [3.05, 3.63) is 52.3 Å². The van der Waals surface area contributed by atoms with Crippen molar-refractivity contribution in [2.24, 2.45) is 0 Å². The Bertz CT molecular complexity index is 815. The van der Waals surface area contributed by atoms with Crippen molar-refractivity contribution in [2.45, 2.75) is 6.92 Å². The van der Waals surface area contributed by atoms with Gasteiger partial charge in [0.05, 0.1) is 5.69 Å². The second-order valence-electron chi connectivity index (χ2n) is 4.58. The van der Waals surface area contributed by atoms with E-state index in [4.69, 9.17) is 5.73 Å². The van der Waals surface area contributed by atoms with E-state index in [2.05, 4.69) is 31.5 Å². The van der Waals surface area contributed by atoms with Crippen LogP contribution in [-0.4, -0.2) is 20.2 Å². The lowest BCUT2D eigenvalue weighted by molar-refractivity contribution is 0.628. The smallest absolute Gasteiger partial charge is 0.189 e. The molecule has 1 aromatic heterocycles. The average molecular weight is 348 g/mol. The lowest BCUT2D eigenvalue weighted by atomic mass is 10.1. The molecule has 2 aromatic carbocycles. The molecule has 0 aliphatic rings. The van der Waals surface area contributed by atoms with Crippen LogP contribution in [0.3, 0.4) is 0 Å². The second kappa shape index (κ2) is 5.25. The van der Waals surface area contributed by atoms with E-state index < -0.39 is 0 Å². The molecule has 2 N–H and O–H groups in total. The van der Waals surface area contributed by atoms with Crippen LogP contribution in [0, 0.1) is 12.7 Å². The molecule has 0 aliphatic carbocycles. The van der Waals surface area contributed by atoms with Gasteiger partial charge in [0.15, 0.2) is 5.82 Å². The molecule has 0 spiro atoms. The zero-order valence-electron chi connectivity index (χ0n) is 11.1. The van der Waals surface area contributed by atoms with Crippen LogP contribution >= 0.6 is 15.9 Å². The van der Waals surface area contributed by atoms with E-state index in [0.717, 1.165) is 15.7 Å². The maximum atomic E-state index is 13.5. The molecule has 0 aliphatic heterocycles. The Morgan fingerprint density at radius 1 is 1.19 bits per heavy atom. The summed E-state index contributed by atoms with van der Waals surface area (Å²) in [6, 6.07) is 9.86. The number of aryl methyl sites for hydroxylation is 1. The molecular weight excluding hydrogens is 337 g/mol. The summed E-state index contributed by atoms with van der Waals surface area (Å²) in [6.45, 7) is 1.94. The molecule has 1 heterocycles. The van der Waals surface area contributed by atoms with Crippen LogP contribution < -0.4 is 5.73 Å². The highest BCUT2D eigenvalue weighted by atomic mass is 79.9. The lowest BCUT2D eigenvalue weighted by Crippen LogP contribution is -2.03. The Balaban J connectivity index is 2.19. The number of nitrogens with two attached hydrogens (primary N) is 1. The Kier molecular flexibility index (Phi) is 3.42. The molecule has 0 saturated carbocycles. The molecule has 7 heteroatoms. The summed E-state index contributed by atoms with van der Waals surface area (Å²) in [5.74, 6) is 0.0127. The van der Waals surface area contributed by atoms with Crippen LogP contribution in [0.25, 0.3) is 17.1 Å². The lowest BCUT2D eigenvalue weighted by Gasteiger charge is -2.09. The van der Waals surface area contributed by atoms with Crippen molar-refractivity contribution in [3.8, 4) is 17.1 Å². The van der Waals surface area contributed by atoms with Gasteiger partial charge in [-0.2, -0.15) is 4.68 Å². The quantitative estimate of drug-likeness (QED) is 0.723. The molecule has 0 bridgehead atoms. The molecule has 3 aromatic rings. The molecule has 0 radical (unpaired) electrons. The maximum absolute atomic E-state index is 13.5. The Morgan fingerprint density at radius 2 is 2.00 bits per heavy atom. The van der Waals surface area contributed by atoms with Crippen molar-refractivity contribution in [1.82, 2.24) is 20.2 Å². The molecule has 106 valence electrons. The summed E-state index contributed by atoms with van der Waals surface area (Å²) in [5.41, 5.74) is 8.57. The molecular formula is C14H11BrFN5. The zero-order chi connectivity index (χ0) is 15.0. The molecule has 21 heavy (non-hydrogen) atoms. The minimum absolute atomic E-state index is 0.388. The molecule has 0 atom stereocenters. The normalized spacial score (nSPS) is 10.8. The highest BCUT2D eigenvalue weighted by Crippen LogP contribution is 2.27. The van der Waals surface area contributed by atoms with Crippen molar-refractivity contribution in [2.75, 3.05) is 5.73 Å². The second-order valence-corrected chi connectivity index (χ2v) is 5.49. The standard InChI is InChI=1S/C14H11BrFN5/c1-8-6-9(15)2-5-13(8)21-14(18-19-20-21)11-7-10(16)3-4-12(11)17/h2-7H,17H2,1H3. The third-order valence-electron chi connectivity index (χ3n) is 3.11. The average Bonchev–Trinajstić information content (AvgIpc) is 2.90. The van der Waals surface area contributed by atoms with Crippen molar-refractivity contribution >= 4 is 21.6 Å². The van der Waals surface area contributed by atoms with Gasteiger partial charge in [-0.25, -0.2) is 4.39 Å². The van der Waals surface area contributed by atoms with Crippen molar-refractivity contribution in [3.63, 3.8) is 0 Å². The summed E-state index contributed by atoms with van der Waals surface area (Å²) in [6.07, 6.45) is 0. The Hall–Kier alpha value is -2.28. The summed E-state index contributed by atoms with van der Waals surface area (Å²) in [7, 11) is 0. The Labute approximate surface area is 128 Å². The van der Waals surface area contributed by atoms with Gasteiger partial charge in [0, 0.05) is 15.7 Å². The van der Waals surface area contributed by atoms with Crippen molar-refractivity contribution < 1.29 is 4.39 Å². The first-order valence-electron chi connectivity index (χ1n) is 6.16. The molecule has 0 saturated heterocycles. The number of hydrogen-bond acceptors (Lipinski definition) is 4. The molecule has 0 unspecified atom stereocenters. The number of rotatable bonds is 2. The summed E-state index contributed by atoms with van der Waals surface area (Å²) < 4.78 is 16.0. The number of nitrogen functional groups attached to an aromatic ring is 1. The summed E-state index contributed by atoms with van der Waals surface area (Å²) in [5, 5.41) is 11.6. The molecule has 0 amide bonds. The highest BCUT2D eigenvalue weighted by Gasteiger charge is 2.15. The van der Waals surface area contributed by atoms with E-state index in [1.54, 1.807) is 4.68 Å². The van der Waals surface area contributed by atoms with Gasteiger partial charge in [-0.1, -0.05) is 15.9 Å². The third-order valence-corrected chi connectivity index (χ3v) is 3.61. The molecule has 0 fully saturated rings. The summed E-state index contributed by atoms with van der Waals surface area (Å²) >= 11 is 3.41. The monoisotopic (exact) mass is 347 g/mol. The van der Waals surface area contributed by atoms with Crippen LogP contribution in [0.2, 0.25) is 0 Å². The zero-order valence-corrected chi connectivity index (χ0v) is 12.7. The van der Waals surface area contributed by atoms with E-state index in [9.17, 15) is 4.39 Å². The number of nitrogens with zero attached hydrogens (tertiary/aromatic N) is 4. The number of tetrazole rings is 1. The van der Waals surface area contributed by atoms with Gasteiger partial charge in [-0.3, -0.25) is 0 Å². The maximum Gasteiger partial charge on any atom is 0.189 e. The summed E-state index contributed by atoms with van der Waals surface area (Å²) in [4.78, 5) is 0. The van der Waals surface area contributed by atoms with Gasteiger partial charge in [0.1, 0.15) is 5.82 Å². The first-order valence-corrected chi connectivity index (χ1v) is 6.96. The molecule has 3 rings (SSSR count). The van der Waals surface area contributed by atoms with Crippen LogP contribution in [0.4, 0.5) is 10.1 Å². The van der Waals surface area contributed by atoms with E-state index in [1.165, 1.54) is 18.2 Å². The minimum Gasteiger partial charge on any atom is -0.398 e. The first kappa shape index (κ1) is 13.7. The fourth-order valence-corrected chi connectivity index (χ4v) is 2.57. The number of benzene rings is 2. The molecule has 5 nitrogen and oxygen atoms in total. The topological polar surface area (TPSA) is 69.6 Å². The van der Waals surface area contributed by atoms with E-state index in [1.807, 2.05) is 25.1 Å². The van der Waals surface area contributed by atoms with Gasteiger partial charge in [-0.15, -0.1) is 5.10 Å². The van der Waals surface area contributed by atoms with Crippen LogP contribution in [-0.2, 0) is 0 Å². The van der Waals surface area contributed by atoms with E-state index >= 15 is 0 Å². The van der Waals surface area contributed by atoms with Gasteiger partial charge >= 0.3 is 0 Å². The number of aromatic nitrogens is 4. The van der Waals surface area contributed by atoms with Crippen LogP contribution in [0.1, 0.15) is 5.56 Å². The Morgan fingerprint density at radius 3 is 2.76 bits per heavy atom. The predicted molar refractivity (Wildman–Crippen MR) is 81.4 cm³/mol. The number of hydrogen-bond donors (Lipinski definition) is 1. The largest absolute Gasteiger partial charge is 0.398 e. The van der Waals surface area contributed by atoms with Gasteiger partial charge in [0.2, 0.25) is 0 Å². The predicted octanol–water partition coefficient (Wildman–Crippen LogP) is 3.12. The number of halogens is 2. The van der Waals surface area contributed by atoms with E-state index in [0.29, 0.717) is 17.1 Å². The minimum atomic E-state index is -0.388. The fraction of sp³-hybridized carbons (Fsp3) is 0.0714. The van der Waals surface area contributed by atoms with Gasteiger partial charge in [-0.05, 0) is 59.3 Å². The number of anilines is 1.